The van der Waals surface area contributed by atoms with Gasteiger partial charge in [-0.05, 0) is 24.6 Å². The highest BCUT2D eigenvalue weighted by molar-refractivity contribution is 14.0. The normalized spacial score (nSPS) is 17.0. The van der Waals surface area contributed by atoms with Gasteiger partial charge in [-0.15, -0.1) is 24.0 Å². The van der Waals surface area contributed by atoms with E-state index >= 15 is 0 Å². The molecule has 0 bridgehead atoms. The predicted molar refractivity (Wildman–Crippen MR) is 107 cm³/mol. The largest absolute Gasteiger partial charge is 0.379 e. The van der Waals surface area contributed by atoms with Gasteiger partial charge in [0.25, 0.3) is 0 Å². The van der Waals surface area contributed by atoms with Crippen LogP contribution in [0, 0.1) is 11.6 Å². The molecule has 8 heteroatoms. The van der Waals surface area contributed by atoms with E-state index in [-0.39, 0.29) is 29.9 Å². The molecule has 1 fully saturated rings. The van der Waals surface area contributed by atoms with Crippen molar-refractivity contribution < 1.29 is 13.5 Å². The fourth-order valence-corrected chi connectivity index (χ4v) is 2.63. The molecule has 1 saturated heterocycles. The number of guanidine groups is 1. The molecule has 1 aliphatic heterocycles. The van der Waals surface area contributed by atoms with E-state index in [0.29, 0.717) is 18.1 Å². The van der Waals surface area contributed by atoms with Crippen LogP contribution in [-0.2, 0) is 4.74 Å². The Morgan fingerprint density at radius 2 is 2.08 bits per heavy atom. The summed E-state index contributed by atoms with van der Waals surface area (Å²) in [4.78, 5) is 6.60. The number of aliphatic imine (C=N–C) groups is 1. The van der Waals surface area contributed by atoms with Gasteiger partial charge in [0.15, 0.2) is 5.96 Å². The summed E-state index contributed by atoms with van der Waals surface area (Å²) >= 11 is 0. The summed E-state index contributed by atoms with van der Waals surface area (Å²) in [5.74, 6) is -0.936. The molecule has 0 amide bonds. The minimum atomic E-state index is -0.576. The average Bonchev–Trinajstić information content (AvgIpc) is 2.57. The van der Waals surface area contributed by atoms with Crippen LogP contribution in [0.2, 0.25) is 0 Å². The van der Waals surface area contributed by atoms with E-state index in [9.17, 15) is 8.78 Å². The molecule has 1 atom stereocenters. The number of halogens is 3. The lowest BCUT2D eigenvalue weighted by Gasteiger charge is -2.26. The minimum Gasteiger partial charge on any atom is -0.379 e. The third-order valence-corrected chi connectivity index (χ3v) is 4.09. The molecular formula is C17H27F2IN4O. The number of rotatable bonds is 7. The third-order valence-electron chi connectivity index (χ3n) is 4.09. The number of ether oxygens (including phenoxy) is 1. The Balaban J connectivity index is 0.00000312. The van der Waals surface area contributed by atoms with Crippen molar-refractivity contribution in [1.82, 2.24) is 10.2 Å². The van der Waals surface area contributed by atoms with Gasteiger partial charge in [-0.25, -0.2) is 8.78 Å². The molecule has 5 nitrogen and oxygen atoms in total. The number of nitrogens with two attached hydrogens (primary N) is 1. The summed E-state index contributed by atoms with van der Waals surface area (Å²) in [6.07, 6.45) is 0.971. The molecule has 0 spiro atoms. The zero-order chi connectivity index (χ0) is 17.4. The van der Waals surface area contributed by atoms with Crippen molar-refractivity contribution >= 4 is 29.9 Å². The summed E-state index contributed by atoms with van der Waals surface area (Å²) in [7, 11) is 0. The van der Waals surface area contributed by atoms with Crippen molar-refractivity contribution in [2.75, 3.05) is 45.9 Å². The Bertz CT molecular complexity index is 553. The first-order valence-corrected chi connectivity index (χ1v) is 8.35. The third kappa shape index (κ3) is 7.83. The molecule has 0 saturated carbocycles. The molecule has 1 heterocycles. The lowest BCUT2D eigenvalue weighted by Crippen LogP contribution is -2.39. The zero-order valence-electron chi connectivity index (χ0n) is 14.5. The fourth-order valence-electron chi connectivity index (χ4n) is 2.63. The van der Waals surface area contributed by atoms with Gasteiger partial charge in [-0.3, -0.25) is 9.89 Å². The van der Waals surface area contributed by atoms with Crippen molar-refractivity contribution in [2.45, 2.75) is 19.3 Å². The minimum absolute atomic E-state index is 0. The van der Waals surface area contributed by atoms with Gasteiger partial charge in [-0.2, -0.15) is 0 Å². The highest BCUT2D eigenvalue weighted by atomic mass is 127. The van der Waals surface area contributed by atoms with Crippen LogP contribution in [0.5, 0.6) is 0 Å². The molecule has 142 valence electrons. The molecule has 0 aromatic heterocycles. The lowest BCUT2D eigenvalue weighted by molar-refractivity contribution is 0.0376. The molecule has 0 aliphatic carbocycles. The van der Waals surface area contributed by atoms with Crippen molar-refractivity contribution in [2.24, 2.45) is 10.7 Å². The van der Waals surface area contributed by atoms with Gasteiger partial charge < -0.3 is 15.8 Å². The topological polar surface area (TPSA) is 62.9 Å². The summed E-state index contributed by atoms with van der Waals surface area (Å²) in [5.41, 5.74) is 6.28. The van der Waals surface area contributed by atoms with Crippen molar-refractivity contribution in [3.63, 3.8) is 0 Å². The second-order valence-electron chi connectivity index (χ2n) is 6.03. The van der Waals surface area contributed by atoms with E-state index < -0.39 is 11.6 Å². The first-order valence-electron chi connectivity index (χ1n) is 8.35. The van der Waals surface area contributed by atoms with Crippen LogP contribution in [-0.4, -0.2) is 56.8 Å². The van der Waals surface area contributed by atoms with E-state index in [1.807, 2.05) is 6.92 Å². The van der Waals surface area contributed by atoms with Crippen LogP contribution in [0.1, 0.15) is 24.8 Å². The van der Waals surface area contributed by atoms with Gasteiger partial charge >= 0.3 is 0 Å². The van der Waals surface area contributed by atoms with Gasteiger partial charge in [0, 0.05) is 38.2 Å². The van der Waals surface area contributed by atoms with Gasteiger partial charge in [-0.1, -0.05) is 13.0 Å². The van der Waals surface area contributed by atoms with Crippen LogP contribution in [0.15, 0.2) is 23.2 Å². The van der Waals surface area contributed by atoms with Gasteiger partial charge in [0.2, 0.25) is 0 Å². The average molecular weight is 468 g/mol. The second-order valence-corrected chi connectivity index (χ2v) is 6.03. The number of morpholine rings is 1. The number of hydrogen-bond donors (Lipinski definition) is 2. The Hall–Kier alpha value is -1.00. The Morgan fingerprint density at radius 3 is 2.76 bits per heavy atom. The maximum Gasteiger partial charge on any atom is 0.188 e. The van der Waals surface area contributed by atoms with Crippen molar-refractivity contribution in [3.8, 4) is 0 Å². The number of nitrogens with one attached hydrogen (secondary N) is 1. The molecule has 1 aliphatic rings. The first-order chi connectivity index (χ1) is 11.6. The maximum absolute atomic E-state index is 13.7. The molecule has 1 aromatic rings. The SMILES string of the molecule is CC(CN=C(N)NCCCN1CCOCC1)c1ccc(F)cc1F.I. The molecule has 1 aromatic carbocycles. The molecule has 2 rings (SSSR count). The Labute approximate surface area is 165 Å². The van der Waals surface area contributed by atoms with Crippen LogP contribution < -0.4 is 11.1 Å². The predicted octanol–water partition coefficient (Wildman–Crippen LogP) is 2.31. The maximum atomic E-state index is 13.7. The summed E-state index contributed by atoms with van der Waals surface area (Å²) < 4.78 is 31.9. The van der Waals surface area contributed by atoms with E-state index in [1.165, 1.54) is 12.1 Å². The first kappa shape index (κ1) is 22.0. The summed E-state index contributed by atoms with van der Waals surface area (Å²) in [5, 5.41) is 3.07. The highest BCUT2D eigenvalue weighted by Gasteiger charge is 2.12. The van der Waals surface area contributed by atoms with Crippen LogP contribution >= 0.6 is 24.0 Å². The second kappa shape index (κ2) is 11.6. The molecule has 25 heavy (non-hydrogen) atoms. The number of hydrogen-bond acceptors (Lipinski definition) is 3. The van der Waals surface area contributed by atoms with Crippen LogP contribution in [0.3, 0.4) is 0 Å². The van der Waals surface area contributed by atoms with Crippen molar-refractivity contribution in [3.05, 3.63) is 35.4 Å². The van der Waals surface area contributed by atoms with E-state index in [2.05, 4.69) is 15.2 Å². The standard InChI is InChI=1S/C17H26F2N4O.HI/c1-13(15-4-3-14(18)11-16(15)19)12-22-17(20)21-5-2-6-23-7-9-24-10-8-23;/h3-4,11,13H,2,5-10,12H2,1H3,(H3,20,21,22);1H. The monoisotopic (exact) mass is 468 g/mol. The molecular weight excluding hydrogens is 441 g/mol. The molecule has 0 radical (unpaired) electrons. The van der Waals surface area contributed by atoms with Gasteiger partial charge in [0.05, 0.1) is 13.2 Å². The van der Waals surface area contributed by atoms with E-state index in [4.69, 9.17) is 10.5 Å². The number of benzene rings is 1. The zero-order valence-corrected chi connectivity index (χ0v) is 16.8. The van der Waals surface area contributed by atoms with Gasteiger partial charge in [0.1, 0.15) is 11.6 Å². The molecule has 1 unspecified atom stereocenters. The summed E-state index contributed by atoms with van der Waals surface area (Å²) in [6.45, 7) is 7.49. The van der Waals surface area contributed by atoms with Crippen LogP contribution in [0.25, 0.3) is 0 Å². The smallest absolute Gasteiger partial charge is 0.188 e. The Morgan fingerprint density at radius 1 is 1.36 bits per heavy atom. The molecule has 3 N–H and O–H groups in total. The number of nitrogens with zero attached hydrogens (tertiary/aromatic N) is 2. The highest BCUT2D eigenvalue weighted by Crippen LogP contribution is 2.19. The lowest BCUT2D eigenvalue weighted by atomic mass is 10.0. The fraction of sp³-hybridized carbons (Fsp3) is 0.588. The van der Waals surface area contributed by atoms with Crippen molar-refractivity contribution in [1.29, 1.82) is 0 Å². The Kier molecular flexibility index (Phi) is 10.2. The van der Waals surface area contributed by atoms with Crippen LogP contribution in [0.4, 0.5) is 8.78 Å². The summed E-state index contributed by atoms with van der Waals surface area (Å²) in [6, 6.07) is 3.60. The quantitative estimate of drug-likeness (QED) is 0.279. The van der Waals surface area contributed by atoms with E-state index in [1.54, 1.807) is 0 Å². The van der Waals surface area contributed by atoms with E-state index in [0.717, 1.165) is 51.9 Å².